The van der Waals surface area contributed by atoms with Gasteiger partial charge >= 0.3 is 0 Å². The molecule has 0 radical (unpaired) electrons. The second-order valence-corrected chi connectivity index (χ2v) is 6.48. The van der Waals surface area contributed by atoms with E-state index in [1.807, 2.05) is 6.07 Å². The number of phenolic OH excluding ortho intramolecular Hbond substituents is 1. The fraction of sp³-hybridized carbons (Fsp3) is 0.588. The minimum atomic E-state index is 0.0576. The van der Waals surface area contributed by atoms with Crippen LogP contribution in [0.5, 0.6) is 5.75 Å². The fourth-order valence-electron chi connectivity index (χ4n) is 2.71. The van der Waals surface area contributed by atoms with E-state index in [1.165, 1.54) is 25.7 Å². The zero-order valence-corrected chi connectivity index (χ0v) is 12.1. The molecule has 20 heavy (non-hydrogen) atoms. The number of carbonyl (C=O) groups is 1. The number of hydrogen-bond donors (Lipinski definition) is 1. The smallest absolute Gasteiger partial charge is 0.159 e. The molecule has 0 heterocycles. The van der Waals surface area contributed by atoms with Gasteiger partial charge in [0.25, 0.3) is 0 Å². The van der Waals surface area contributed by atoms with Gasteiger partial charge in [-0.15, -0.1) is 0 Å². The molecule has 0 bridgehead atoms. The van der Waals surface area contributed by atoms with Crippen molar-refractivity contribution in [3.05, 3.63) is 29.3 Å². The maximum absolute atomic E-state index is 11.5. The topological polar surface area (TPSA) is 40.5 Å². The largest absolute Gasteiger partial charge is 0.508 e. The van der Waals surface area contributed by atoms with Crippen molar-refractivity contribution < 1.29 is 9.90 Å². The number of carbonyl (C=O) groups excluding carboxylic acids is 1. The van der Waals surface area contributed by atoms with Gasteiger partial charge in [0.1, 0.15) is 5.75 Å². The molecule has 0 unspecified atom stereocenters. The molecule has 0 atom stereocenters. The quantitative estimate of drug-likeness (QED) is 0.775. The van der Waals surface area contributed by atoms with Crippen LogP contribution in [0.4, 0.5) is 0 Å². The molecular weight excluding hydrogens is 250 g/mol. The Morgan fingerprint density at radius 3 is 2.30 bits per heavy atom. The summed E-state index contributed by atoms with van der Waals surface area (Å²) in [5, 5.41) is 10.0. The Morgan fingerprint density at radius 2 is 1.80 bits per heavy atom. The summed E-state index contributed by atoms with van der Waals surface area (Å²) in [6, 6.07) is 5.20. The maximum Gasteiger partial charge on any atom is 0.159 e. The second-order valence-electron chi connectivity index (χ2n) is 6.48. The van der Waals surface area contributed by atoms with Gasteiger partial charge < -0.3 is 5.11 Å². The molecule has 108 valence electrons. The highest BCUT2D eigenvalue weighted by Crippen LogP contribution is 2.35. The fourth-order valence-corrected chi connectivity index (χ4v) is 2.71. The summed E-state index contributed by atoms with van der Waals surface area (Å²) >= 11 is 0. The molecule has 0 amide bonds. The summed E-state index contributed by atoms with van der Waals surface area (Å²) in [5.41, 5.74) is 1.58. The van der Waals surface area contributed by atoms with E-state index in [0.29, 0.717) is 11.3 Å². The van der Waals surface area contributed by atoms with Crippen molar-refractivity contribution in [3.8, 4) is 5.75 Å². The van der Waals surface area contributed by atoms with Crippen LogP contribution in [0.3, 0.4) is 0 Å². The lowest BCUT2D eigenvalue weighted by Crippen LogP contribution is -2.28. The minimum Gasteiger partial charge on any atom is -0.508 e. The first-order valence-electron chi connectivity index (χ1n) is 7.67. The molecule has 1 aromatic carbocycles. The Bertz CT molecular complexity index is 490. The first kappa shape index (κ1) is 13.6. The predicted octanol–water partition coefficient (Wildman–Crippen LogP) is 3.22. The Hall–Kier alpha value is -1.35. The summed E-state index contributed by atoms with van der Waals surface area (Å²) < 4.78 is 0. The summed E-state index contributed by atoms with van der Waals surface area (Å²) in [6.45, 7) is 4.61. The Balaban J connectivity index is 1.71. The molecule has 2 fully saturated rings. The highest BCUT2D eigenvalue weighted by atomic mass is 16.3. The third-order valence-corrected chi connectivity index (χ3v) is 4.31. The highest BCUT2D eigenvalue weighted by molar-refractivity contribution is 5.94. The Kier molecular flexibility index (Phi) is 3.79. The van der Waals surface area contributed by atoms with Crippen molar-refractivity contribution in [2.75, 3.05) is 13.1 Å². The molecule has 2 aliphatic carbocycles. The average molecular weight is 273 g/mol. The van der Waals surface area contributed by atoms with Crippen LogP contribution in [-0.4, -0.2) is 28.9 Å². The van der Waals surface area contributed by atoms with E-state index in [4.69, 9.17) is 0 Å². The van der Waals surface area contributed by atoms with Gasteiger partial charge in [-0.3, -0.25) is 9.69 Å². The van der Waals surface area contributed by atoms with Crippen molar-refractivity contribution >= 4 is 5.78 Å². The van der Waals surface area contributed by atoms with E-state index in [2.05, 4.69) is 4.90 Å². The van der Waals surface area contributed by atoms with Gasteiger partial charge in [0, 0.05) is 30.8 Å². The van der Waals surface area contributed by atoms with E-state index in [9.17, 15) is 9.90 Å². The molecule has 1 N–H and O–H groups in total. The van der Waals surface area contributed by atoms with Gasteiger partial charge in [0.2, 0.25) is 0 Å². The van der Waals surface area contributed by atoms with Crippen LogP contribution in [0, 0.1) is 11.8 Å². The van der Waals surface area contributed by atoms with Gasteiger partial charge in [-0.1, -0.05) is 0 Å². The van der Waals surface area contributed by atoms with Crippen molar-refractivity contribution in [1.29, 1.82) is 0 Å². The summed E-state index contributed by atoms with van der Waals surface area (Å²) in [6.07, 6.45) is 5.39. The molecule has 0 saturated heterocycles. The lowest BCUT2D eigenvalue weighted by molar-refractivity contribution is 0.101. The van der Waals surface area contributed by atoms with E-state index >= 15 is 0 Å². The molecule has 3 nitrogen and oxygen atoms in total. The Labute approximate surface area is 120 Å². The van der Waals surface area contributed by atoms with Gasteiger partial charge in [-0.05, 0) is 62.6 Å². The number of rotatable bonds is 7. The zero-order valence-electron chi connectivity index (χ0n) is 12.1. The molecule has 2 saturated carbocycles. The first-order chi connectivity index (χ1) is 9.61. The number of aromatic hydroxyl groups is 1. The standard InChI is InChI=1S/C17H23NO2/c1-12(19)15-6-7-17(20)16(8-15)11-18(9-13-2-3-13)10-14-4-5-14/h6-8,13-14,20H,2-5,9-11H2,1H3. The number of hydrogen-bond acceptors (Lipinski definition) is 3. The number of nitrogens with zero attached hydrogens (tertiary/aromatic N) is 1. The number of Topliss-reactive ketones (excluding diaryl/α,β-unsaturated/α-hetero) is 1. The number of benzene rings is 1. The molecule has 0 spiro atoms. The van der Waals surface area contributed by atoms with E-state index in [-0.39, 0.29) is 5.78 Å². The van der Waals surface area contributed by atoms with Gasteiger partial charge in [0.15, 0.2) is 5.78 Å². The van der Waals surface area contributed by atoms with Crippen molar-refractivity contribution in [2.24, 2.45) is 11.8 Å². The van der Waals surface area contributed by atoms with E-state index in [1.54, 1.807) is 19.1 Å². The van der Waals surface area contributed by atoms with Gasteiger partial charge in [-0.2, -0.15) is 0 Å². The minimum absolute atomic E-state index is 0.0576. The molecule has 1 aromatic rings. The van der Waals surface area contributed by atoms with Crippen LogP contribution >= 0.6 is 0 Å². The SMILES string of the molecule is CC(=O)c1ccc(O)c(CN(CC2CC2)CC2CC2)c1. The Morgan fingerprint density at radius 1 is 1.20 bits per heavy atom. The summed E-state index contributed by atoms with van der Waals surface area (Å²) in [7, 11) is 0. The van der Waals surface area contributed by atoms with Crippen LogP contribution in [0.2, 0.25) is 0 Å². The van der Waals surface area contributed by atoms with Crippen LogP contribution in [-0.2, 0) is 6.54 Å². The number of phenols is 1. The van der Waals surface area contributed by atoms with E-state index in [0.717, 1.165) is 37.0 Å². The third kappa shape index (κ3) is 3.60. The number of ketones is 1. The zero-order chi connectivity index (χ0) is 14.1. The van der Waals surface area contributed by atoms with Crippen LogP contribution in [0.1, 0.15) is 48.5 Å². The second kappa shape index (κ2) is 5.57. The first-order valence-corrected chi connectivity index (χ1v) is 7.67. The highest BCUT2D eigenvalue weighted by Gasteiger charge is 2.29. The molecule has 0 aliphatic heterocycles. The lowest BCUT2D eigenvalue weighted by Gasteiger charge is -2.23. The van der Waals surface area contributed by atoms with Crippen molar-refractivity contribution in [2.45, 2.75) is 39.2 Å². The average Bonchev–Trinajstić information content (AvgIpc) is 3.27. The van der Waals surface area contributed by atoms with Gasteiger partial charge in [0.05, 0.1) is 0 Å². The molecule has 3 heteroatoms. The molecular formula is C17H23NO2. The van der Waals surface area contributed by atoms with Crippen LogP contribution < -0.4 is 0 Å². The molecule has 3 rings (SSSR count). The summed E-state index contributed by atoms with van der Waals surface area (Å²) in [4.78, 5) is 13.9. The van der Waals surface area contributed by atoms with Crippen molar-refractivity contribution in [3.63, 3.8) is 0 Å². The van der Waals surface area contributed by atoms with Gasteiger partial charge in [-0.25, -0.2) is 0 Å². The maximum atomic E-state index is 11.5. The van der Waals surface area contributed by atoms with Crippen LogP contribution in [0.15, 0.2) is 18.2 Å². The summed E-state index contributed by atoms with van der Waals surface area (Å²) in [5.74, 6) is 2.08. The normalized spacial score (nSPS) is 18.5. The predicted molar refractivity (Wildman–Crippen MR) is 78.8 cm³/mol. The molecule has 0 aromatic heterocycles. The lowest BCUT2D eigenvalue weighted by atomic mass is 10.1. The van der Waals surface area contributed by atoms with E-state index < -0.39 is 0 Å². The van der Waals surface area contributed by atoms with Crippen LogP contribution in [0.25, 0.3) is 0 Å². The third-order valence-electron chi connectivity index (χ3n) is 4.31. The monoisotopic (exact) mass is 273 g/mol. The van der Waals surface area contributed by atoms with Crippen molar-refractivity contribution in [1.82, 2.24) is 4.90 Å². The molecule has 2 aliphatic rings.